The highest BCUT2D eigenvalue weighted by molar-refractivity contribution is 4.96. The number of H-pyrrole nitrogens is 1. The Balaban J connectivity index is 1.29. The molecule has 0 bridgehead atoms. The van der Waals surface area contributed by atoms with Crippen molar-refractivity contribution in [2.45, 2.75) is 64.2 Å². The van der Waals surface area contributed by atoms with Gasteiger partial charge in [-0.1, -0.05) is 11.6 Å². The molecule has 2 aliphatic heterocycles. The number of nitrogens with one attached hydrogen (secondary N) is 1. The van der Waals surface area contributed by atoms with Gasteiger partial charge in [0.15, 0.2) is 0 Å². The van der Waals surface area contributed by atoms with E-state index >= 15 is 0 Å². The van der Waals surface area contributed by atoms with Crippen LogP contribution in [0.15, 0.2) is 18.6 Å². The molecule has 2 saturated heterocycles. The van der Waals surface area contributed by atoms with Crippen LogP contribution in [0.4, 0.5) is 0 Å². The van der Waals surface area contributed by atoms with Crippen molar-refractivity contribution >= 4 is 0 Å². The third kappa shape index (κ3) is 4.10. The number of aromatic nitrogens is 5. The summed E-state index contributed by atoms with van der Waals surface area (Å²) in [5, 5.41) is 8.88. The first-order valence-corrected chi connectivity index (χ1v) is 9.63. The first-order chi connectivity index (χ1) is 12.3. The Bertz CT molecular complexity index is 642. The summed E-state index contributed by atoms with van der Waals surface area (Å²) in [4.78, 5) is 12.5. The maximum Gasteiger partial charge on any atom is 0.120 e. The van der Waals surface area contributed by atoms with Gasteiger partial charge in [-0.3, -0.25) is 9.80 Å². The largest absolute Gasteiger partial charge is 0.348 e. The summed E-state index contributed by atoms with van der Waals surface area (Å²) in [6.07, 6.45) is 12.1. The predicted molar refractivity (Wildman–Crippen MR) is 95.9 cm³/mol. The van der Waals surface area contributed by atoms with Crippen molar-refractivity contribution in [3.63, 3.8) is 0 Å². The predicted octanol–water partition coefficient (Wildman–Crippen LogP) is 2.21. The Labute approximate surface area is 149 Å². The average Bonchev–Trinajstić information content (AvgIpc) is 3.30. The fourth-order valence-electron chi connectivity index (χ4n) is 4.10. The highest BCUT2D eigenvalue weighted by Crippen LogP contribution is 2.23. The topological polar surface area (TPSA) is 65.9 Å². The number of hydrogen-bond donors (Lipinski definition) is 1. The van der Waals surface area contributed by atoms with Crippen LogP contribution >= 0.6 is 0 Å². The molecule has 136 valence electrons. The van der Waals surface area contributed by atoms with E-state index < -0.39 is 0 Å². The summed E-state index contributed by atoms with van der Waals surface area (Å²) in [6.45, 7) is 7.55. The van der Waals surface area contributed by atoms with Crippen molar-refractivity contribution < 1.29 is 0 Å². The first kappa shape index (κ1) is 16.7. The zero-order valence-electron chi connectivity index (χ0n) is 15.1. The molecule has 2 aliphatic rings. The van der Waals surface area contributed by atoms with Gasteiger partial charge in [0.25, 0.3) is 0 Å². The lowest BCUT2D eigenvalue weighted by Gasteiger charge is -2.32. The minimum absolute atomic E-state index is 0.480. The highest BCUT2D eigenvalue weighted by Gasteiger charge is 2.23. The second-order valence-corrected chi connectivity index (χ2v) is 7.55. The smallest absolute Gasteiger partial charge is 0.120 e. The normalized spacial score (nSPS) is 24.0. The van der Waals surface area contributed by atoms with Crippen molar-refractivity contribution in [2.24, 2.45) is 0 Å². The van der Waals surface area contributed by atoms with Gasteiger partial charge in [-0.2, -0.15) is 0 Å². The van der Waals surface area contributed by atoms with Gasteiger partial charge in [0, 0.05) is 38.1 Å². The lowest BCUT2D eigenvalue weighted by molar-refractivity contribution is 0.150. The van der Waals surface area contributed by atoms with Crippen LogP contribution in [0, 0.1) is 0 Å². The summed E-state index contributed by atoms with van der Waals surface area (Å²) in [5.41, 5.74) is 1.12. The molecule has 1 atom stereocenters. The van der Waals surface area contributed by atoms with E-state index in [-0.39, 0.29) is 0 Å². The van der Waals surface area contributed by atoms with Gasteiger partial charge in [0.05, 0.1) is 24.5 Å². The van der Waals surface area contributed by atoms with Gasteiger partial charge >= 0.3 is 0 Å². The molecule has 4 heterocycles. The zero-order valence-corrected chi connectivity index (χ0v) is 15.1. The molecule has 2 fully saturated rings. The van der Waals surface area contributed by atoms with Crippen molar-refractivity contribution in [1.29, 1.82) is 0 Å². The van der Waals surface area contributed by atoms with Crippen molar-refractivity contribution in [1.82, 2.24) is 34.8 Å². The second kappa shape index (κ2) is 7.66. The zero-order chi connectivity index (χ0) is 17.1. The van der Waals surface area contributed by atoms with Gasteiger partial charge in [-0.15, -0.1) is 5.10 Å². The van der Waals surface area contributed by atoms with E-state index in [1.807, 2.05) is 12.4 Å². The molecule has 0 radical (unpaired) electrons. The van der Waals surface area contributed by atoms with Crippen LogP contribution < -0.4 is 0 Å². The number of likely N-dealkylation sites (tertiary alicyclic amines) is 2. The standard InChI is InChI=1S/C18H29N7/c1-15-4-2-3-9-24(15)12-16-13-25(22-21-16)17-5-10-23(11-6-17)14-18-19-7-8-20-18/h7-8,13,15,17H,2-6,9-12,14H2,1H3,(H,19,20). The fraction of sp³-hybridized carbons (Fsp3) is 0.722. The van der Waals surface area contributed by atoms with E-state index in [2.05, 4.69) is 47.9 Å². The molecule has 7 nitrogen and oxygen atoms in total. The second-order valence-electron chi connectivity index (χ2n) is 7.55. The van der Waals surface area contributed by atoms with E-state index in [9.17, 15) is 0 Å². The minimum Gasteiger partial charge on any atom is -0.348 e. The third-order valence-corrected chi connectivity index (χ3v) is 5.72. The molecule has 0 amide bonds. The molecule has 0 spiro atoms. The van der Waals surface area contributed by atoms with E-state index in [1.165, 1.54) is 25.8 Å². The summed E-state index contributed by atoms with van der Waals surface area (Å²) in [6, 6.07) is 1.15. The van der Waals surface area contributed by atoms with Crippen molar-refractivity contribution in [2.75, 3.05) is 19.6 Å². The van der Waals surface area contributed by atoms with Crippen LogP contribution in [0.3, 0.4) is 0 Å². The Hall–Kier alpha value is -1.73. The number of aromatic amines is 1. The molecule has 2 aromatic rings. The molecule has 1 N–H and O–H groups in total. The van der Waals surface area contributed by atoms with Crippen LogP contribution in [0.25, 0.3) is 0 Å². The minimum atomic E-state index is 0.480. The quantitative estimate of drug-likeness (QED) is 0.902. The van der Waals surface area contributed by atoms with E-state index in [1.54, 1.807) is 0 Å². The van der Waals surface area contributed by atoms with Crippen molar-refractivity contribution in [3.05, 3.63) is 30.1 Å². The Morgan fingerprint density at radius 1 is 1.12 bits per heavy atom. The molecule has 0 aliphatic carbocycles. The molecular weight excluding hydrogens is 314 g/mol. The lowest BCUT2D eigenvalue weighted by atomic mass is 10.0. The molecular formula is C18H29N7. The lowest BCUT2D eigenvalue weighted by Crippen LogP contribution is -2.36. The number of hydrogen-bond acceptors (Lipinski definition) is 5. The number of nitrogens with zero attached hydrogens (tertiary/aromatic N) is 6. The van der Waals surface area contributed by atoms with Crippen LogP contribution in [0.1, 0.15) is 56.6 Å². The van der Waals surface area contributed by atoms with Crippen LogP contribution in [-0.4, -0.2) is 60.4 Å². The number of piperidine rings is 2. The molecule has 2 aromatic heterocycles. The maximum absolute atomic E-state index is 4.44. The van der Waals surface area contributed by atoms with E-state index in [0.717, 1.165) is 50.5 Å². The number of imidazole rings is 1. The monoisotopic (exact) mass is 343 g/mol. The summed E-state index contributed by atoms with van der Waals surface area (Å²) >= 11 is 0. The first-order valence-electron chi connectivity index (χ1n) is 9.63. The highest BCUT2D eigenvalue weighted by atomic mass is 15.4. The Kier molecular flexibility index (Phi) is 5.12. The van der Waals surface area contributed by atoms with E-state index in [0.29, 0.717) is 12.1 Å². The van der Waals surface area contributed by atoms with Gasteiger partial charge in [0.1, 0.15) is 5.82 Å². The molecule has 0 saturated carbocycles. The summed E-state index contributed by atoms with van der Waals surface area (Å²) < 4.78 is 2.11. The molecule has 0 aromatic carbocycles. The van der Waals surface area contributed by atoms with E-state index in [4.69, 9.17) is 0 Å². The van der Waals surface area contributed by atoms with Crippen molar-refractivity contribution in [3.8, 4) is 0 Å². The Morgan fingerprint density at radius 2 is 2.00 bits per heavy atom. The summed E-state index contributed by atoms with van der Waals surface area (Å²) in [5.74, 6) is 1.05. The summed E-state index contributed by atoms with van der Waals surface area (Å²) in [7, 11) is 0. The Morgan fingerprint density at radius 3 is 2.76 bits per heavy atom. The van der Waals surface area contributed by atoms with Crippen LogP contribution in [-0.2, 0) is 13.1 Å². The molecule has 7 heteroatoms. The number of rotatable bonds is 5. The molecule has 1 unspecified atom stereocenters. The average molecular weight is 343 g/mol. The van der Waals surface area contributed by atoms with Gasteiger partial charge in [-0.05, 0) is 39.2 Å². The van der Waals surface area contributed by atoms with Gasteiger partial charge < -0.3 is 4.98 Å². The SMILES string of the molecule is CC1CCCCN1Cc1cn(C2CCN(Cc3ncc[nH]3)CC2)nn1. The third-order valence-electron chi connectivity index (χ3n) is 5.72. The molecule has 4 rings (SSSR count). The van der Waals surface area contributed by atoms with Gasteiger partial charge in [0.2, 0.25) is 0 Å². The van der Waals surface area contributed by atoms with Crippen LogP contribution in [0.2, 0.25) is 0 Å². The van der Waals surface area contributed by atoms with Crippen LogP contribution in [0.5, 0.6) is 0 Å². The van der Waals surface area contributed by atoms with Gasteiger partial charge in [-0.25, -0.2) is 9.67 Å². The molecule has 25 heavy (non-hydrogen) atoms. The fourth-order valence-corrected chi connectivity index (χ4v) is 4.10. The maximum atomic E-state index is 4.44.